The monoisotopic (exact) mass is 571 g/mol. The van der Waals surface area contributed by atoms with Crippen LogP contribution in [0.15, 0.2) is 24.3 Å². The smallest absolute Gasteiger partial charge is 0.408 e. The lowest BCUT2D eigenvalue weighted by molar-refractivity contribution is -0.142. The number of hydrogen-bond acceptors (Lipinski definition) is 5. The van der Waals surface area contributed by atoms with Gasteiger partial charge in [-0.2, -0.15) is 12.6 Å². The van der Waals surface area contributed by atoms with Crippen LogP contribution in [0.3, 0.4) is 0 Å². The van der Waals surface area contributed by atoms with Crippen LogP contribution < -0.4 is 10.6 Å². The first kappa shape index (κ1) is 33.5. The minimum Gasteiger partial charge on any atom is -0.444 e. The fraction of sp³-hybridized carbons (Fsp3) is 0.656. The Morgan fingerprint density at radius 1 is 1.07 bits per heavy atom. The Hall–Kier alpha value is -2.66. The highest BCUT2D eigenvalue weighted by Gasteiger charge is 2.37. The van der Waals surface area contributed by atoms with Crippen LogP contribution >= 0.6 is 12.6 Å². The highest BCUT2D eigenvalue weighted by Crippen LogP contribution is 2.28. The van der Waals surface area contributed by atoms with Crippen LogP contribution in [0.1, 0.15) is 115 Å². The molecule has 222 valence electrons. The van der Waals surface area contributed by atoms with Crippen LogP contribution in [-0.4, -0.2) is 52.8 Å². The van der Waals surface area contributed by atoms with Gasteiger partial charge in [-0.25, -0.2) is 4.79 Å². The average Bonchev–Trinajstić information content (AvgIpc) is 2.92. The standard InChI is InChI=1S/C32H49N3O4S/c1-6-8-9-10-11-17-22-35(30(37)27(23-40)34-31(38)39-32(3,4)5)28(26-21-16-15-18-24(26)7-2)29(36)33-25-19-13-12-14-20-25/h2,15-16,18,21,25,27-28,40H,6,8-14,17,19-20,22-23H2,1,3-5H3,(H,33,36)(H,34,38). The molecule has 2 atom stereocenters. The van der Waals surface area contributed by atoms with Gasteiger partial charge in [0.05, 0.1) is 0 Å². The molecule has 0 aliphatic heterocycles. The van der Waals surface area contributed by atoms with E-state index in [0.29, 0.717) is 17.7 Å². The molecule has 1 fully saturated rings. The van der Waals surface area contributed by atoms with E-state index in [0.717, 1.165) is 57.8 Å². The Morgan fingerprint density at radius 3 is 2.35 bits per heavy atom. The lowest BCUT2D eigenvalue weighted by atomic mass is 9.93. The van der Waals surface area contributed by atoms with Crippen molar-refractivity contribution in [2.24, 2.45) is 0 Å². The number of benzene rings is 1. The number of nitrogens with zero attached hydrogens (tertiary/aromatic N) is 1. The molecular formula is C32H49N3O4S. The predicted octanol–water partition coefficient (Wildman–Crippen LogP) is 6.17. The van der Waals surface area contributed by atoms with Crippen molar-refractivity contribution in [2.75, 3.05) is 12.3 Å². The number of carbonyl (C=O) groups is 3. The zero-order valence-electron chi connectivity index (χ0n) is 24.8. The summed E-state index contributed by atoms with van der Waals surface area (Å²) in [7, 11) is 0. The second kappa shape index (κ2) is 17.2. The van der Waals surface area contributed by atoms with Gasteiger partial charge in [0, 0.05) is 23.9 Å². The molecule has 2 rings (SSSR count). The Kier molecular flexibility index (Phi) is 14.4. The predicted molar refractivity (Wildman–Crippen MR) is 164 cm³/mol. The molecule has 2 N–H and O–H groups in total. The summed E-state index contributed by atoms with van der Waals surface area (Å²) in [5, 5.41) is 5.89. The van der Waals surface area contributed by atoms with E-state index in [1.165, 1.54) is 12.8 Å². The molecule has 0 bridgehead atoms. The summed E-state index contributed by atoms with van der Waals surface area (Å²) < 4.78 is 5.41. The van der Waals surface area contributed by atoms with Gasteiger partial charge < -0.3 is 20.3 Å². The van der Waals surface area contributed by atoms with Gasteiger partial charge in [-0.05, 0) is 51.7 Å². The van der Waals surface area contributed by atoms with Crippen molar-refractivity contribution >= 4 is 30.5 Å². The summed E-state index contributed by atoms with van der Waals surface area (Å²) in [5.41, 5.74) is 0.447. The lowest BCUT2D eigenvalue weighted by Gasteiger charge is -2.36. The molecule has 1 aromatic rings. The molecule has 7 nitrogen and oxygen atoms in total. The van der Waals surface area contributed by atoms with Crippen LogP contribution in [0, 0.1) is 12.3 Å². The average molecular weight is 572 g/mol. The lowest BCUT2D eigenvalue weighted by Crippen LogP contribution is -2.54. The molecule has 8 heteroatoms. The number of rotatable bonds is 14. The number of amides is 3. The quantitative estimate of drug-likeness (QED) is 0.142. The molecule has 1 aliphatic rings. The Balaban J connectivity index is 2.43. The number of nitrogens with one attached hydrogen (secondary N) is 2. The van der Waals surface area contributed by atoms with Crippen molar-refractivity contribution in [1.29, 1.82) is 0 Å². The van der Waals surface area contributed by atoms with Crippen LogP contribution in [0.5, 0.6) is 0 Å². The molecule has 0 saturated heterocycles. The zero-order valence-corrected chi connectivity index (χ0v) is 25.7. The van der Waals surface area contributed by atoms with E-state index >= 15 is 0 Å². The van der Waals surface area contributed by atoms with E-state index in [-0.39, 0.29) is 23.6 Å². The summed E-state index contributed by atoms with van der Waals surface area (Å²) in [4.78, 5) is 42.3. The van der Waals surface area contributed by atoms with Gasteiger partial charge in [-0.1, -0.05) is 82.4 Å². The van der Waals surface area contributed by atoms with Crippen LogP contribution in [0.25, 0.3) is 0 Å². The topological polar surface area (TPSA) is 87.7 Å². The van der Waals surface area contributed by atoms with Gasteiger partial charge in [0.15, 0.2) is 0 Å². The molecule has 1 aliphatic carbocycles. The number of carbonyl (C=O) groups excluding carboxylic acids is 3. The van der Waals surface area contributed by atoms with Gasteiger partial charge in [-0.3, -0.25) is 9.59 Å². The summed E-state index contributed by atoms with van der Waals surface area (Å²) in [6, 6.07) is 5.43. The van der Waals surface area contributed by atoms with Crippen LogP contribution in [0.4, 0.5) is 4.79 Å². The molecule has 0 aromatic heterocycles. The highest BCUT2D eigenvalue weighted by molar-refractivity contribution is 7.80. The normalized spacial score (nSPS) is 15.4. The number of thiol groups is 1. The van der Waals surface area contributed by atoms with Gasteiger partial charge in [-0.15, -0.1) is 6.42 Å². The minimum atomic E-state index is -0.971. The molecule has 40 heavy (non-hydrogen) atoms. The minimum absolute atomic E-state index is 0.0544. The summed E-state index contributed by atoms with van der Waals surface area (Å²) in [6.45, 7) is 7.81. The van der Waals surface area contributed by atoms with E-state index in [9.17, 15) is 14.4 Å². The molecular weight excluding hydrogens is 522 g/mol. The number of unbranched alkanes of at least 4 members (excludes halogenated alkanes) is 5. The fourth-order valence-electron chi connectivity index (χ4n) is 5.11. The second-order valence-corrected chi connectivity index (χ2v) is 12.0. The maximum absolute atomic E-state index is 14.1. The molecule has 1 saturated carbocycles. The van der Waals surface area contributed by atoms with Crippen LogP contribution in [-0.2, 0) is 14.3 Å². The molecule has 0 heterocycles. The van der Waals surface area contributed by atoms with E-state index in [1.807, 2.05) is 18.2 Å². The van der Waals surface area contributed by atoms with E-state index in [4.69, 9.17) is 11.2 Å². The first-order chi connectivity index (χ1) is 19.1. The van der Waals surface area contributed by atoms with E-state index in [2.05, 4.69) is 36.1 Å². The highest BCUT2D eigenvalue weighted by atomic mass is 32.1. The Labute approximate surface area is 247 Å². The maximum Gasteiger partial charge on any atom is 0.408 e. The second-order valence-electron chi connectivity index (χ2n) is 11.7. The zero-order chi connectivity index (χ0) is 29.5. The number of hydrogen-bond donors (Lipinski definition) is 3. The van der Waals surface area contributed by atoms with Gasteiger partial charge in [0.2, 0.25) is 11.8 Å². The van der Waals surface area contributed by atoms with Crippen molar-refractivity contribution in [2.45, 2.75) is 122 Å². The van der Waals surface area contributed by atoms with E-state index in [1.54, 1.807) is 31.7 Å². The number of ether oxygens (including phenoxy) is 1. The number of alkyl carbamates (subject to hydrolysis) is 1. The van der Waals surface area contributed by atoms with Gasteiger partial charge in [0.1, 0.15) is 17.7 Å². The summed E-state index contributed by atoms with van der Waals surface area (Å²) >= 11 is 4.39. The SMILES string of the molecule is C#Cc1ccccc1C(C(=O)NC1CCCCC1)N(CCCCCCCC)C(=O)C(CS)NC(=O)OC(C)(C)C. The number of terminal acetylenes is 1. The molecule has 0 spiro atoms. The van der Waals surface area contributed by atoms with Crippen molar-refractivity contribution in [3.05, 3.63) is 35.4 Å². The van der Waals surface area contributed by atoms with Crippen molar-refractivity contribution in [3.8, 4) is 12.3 Å². The summed E-state index contributed by atoms with van der Waals surface area (Å²) in [5.74, 6) is 2.12. The third-order valence-corrected chi connectivity index (χ3v) is 7.49. The molecule has 3 amide bonds. The largest absolute Gasteiger partial charge is 0.444 e. The molecule has 2 unspecified atom stereocenters. The van der Waals surface area contributed by atoms with Gasteiger partial charge >= 0.3 is 6.09 Å². The van der Waals surface area contributed by atoms with Crippen molar-refractivity contribution in [3.63, 3.8) is 0 Å². The van der Waals surface area contributed by atoms with Crippen LogP contribution in [0.2, 0.25) is 0 Å². The van der Waals surface area contributed by atoms with Crippen molar-refractivity contribution in [1.82, 2.24) is 15.5 Å². The molecule has 0 radical (unpaired) electrons. The fourth-order valence-corrected chi connectivity index (χ4v) is 5.36. The molecule has 1 aromatic carbocycles. The Bertz CT molecular complexity index is 995. The third-order valence-electron chi connectivity index (χ3n) is 7.13. The first-order valence-corrected chi connectivity index (χ1v) is 15.5. The van der Waals surface area contributed by atoms with Gasteiger partial charge in [0.25, 0.3) is 0 Å². The van der Waals surface area contributed by atoms with Crippen molar-refractivity contribution < 1.29 is 19.1 Å². The van der Waals surface area contributed by atoms with E-state index < -0.39 is 23.8 Å². The maximum atomic E-state index is 14.1. The Morgan fingerprint density at radius 2 is 1.73 bits per heavy atom. The third kappa shape index (κ3) is 11.1. The first-order valence-electron chi connectivity index (χ1n) is 14.9. The summed E-state index contributed by atoms with van der Waals surface area (Å²) in [6.07, 6.45) is 16.5.